The van der Waals surface area contributed by atoms with Crippen LogP contribution in [0.2, 0.25) is 5.15 Å². The van der Waals surface area contributed by atoms with E-state index in [1.165, 1.54) is 13.4 Å². The number of hydrogen-bond acceptors (Lipinski definition) is 4. The Morgan fingerprint density at radius 3 is 3.00 bits per heavy atom. The predicted molar refractivity (Wildman–Crippen MR) is 60.2 cm³/mol. The molecule has 0 aliphatic rings. The zero-order valence-corrected chi connectivity index (χ0v) is 9.43. The first kappa shape index (κ1) is 11.6. The molecule has 0 saturated heterocycles. The van der Waals surface area contributed by atoms with Gasteiger partial charge in [0, 0.05) is 13.0 Å². The number of anilines is 1. The summed E-state index contributed by atoms with van der Waals surface area (Å²) in [6.07, 6.45) is 2.14. The van der Waals surface area contributed by atoms with Gasteiger partial charge in [-0.2, -0.15) is 0 Å². The molecule has 0 unspecified atom stereocenters. The van der Waals surface area contributed by atoms with E-state index in [1.807, 2.05) is 6.92 Å². The number of hydrogen-bond donors (Lipinski definition) is 1. The fourth-order valence-corrected chi connectivity index (χ4v) is 1.24. The fourth-order valence-electron chi connectivity index (χ4n) is 1.03. The standard InChI is InChI=1S/C10H12ClN3O/c1-3-4-5-6-12-10-8(15-2)9(11)13-7-14-10/h7H,5-6H2,1-2H3,(H,12,13,14). The van der Waals surface area contributed by atoms with Crippen LogP contribution < -0.4 is 10.1 Å². The van der Waals surface area contributed by atoms with Crippen LogP contribution in [0.15, 0.2) is 6.33 Å². The van der Waals surface area contributed by atoms with Gasteiger partial charge in [0.1, 0.15) is 6.33 Å². The molecule has 0 amide bonds. The molecule has 0 fully saturated rings. The molecule has 0 atom stereocenters. The summed E-state index contributed by atoms with van der Waals surface area (Å²) >= 11 is 5.83. The molecule has 1 heterocycles. The number of aromatic nitrogens is 2. The molecule has 1 aromatic heterocycles. The van der Waals surface area contributed by atoms with Crippen molar-refractivity contribution in [3.63, 3.8) is 0 Å². The van der Waals surface area contributed by atoms with Crippen molar-refractivity contribution in [1.29, 1.82) is 0 Å². The fraction of sp³-hybridized carbons (Fsp3) is 0.400. The number of nitrogens with one attached hydrogen (secondary N) is 1. The van der Waals surface area contributed by atoms with Gasteiger partial charge in [0.05, 0.1) is 7.11 Å². The Labute approximate surface area is 94.0 Å². The van der Waals surface area contributed by atoms with Crippen molar-refractivity contribution in [3.05, 3.63) is 11.5 Å². The van der Waals surface area contributed by atoms with Gasteiger partial charge in [-0.1, -0.05) is 11.6 Å². The normalized spacial score (nSPS) is 9.00. The summed E-state index contributed by atoms with van der Waals surface area (Å²) in [5.74, 6) is 6.81. The minimum atomic E-state index is 0.302. The van der Waals surface area contributed by atoms with E-state index < -0.39 is 0 Å². The molecule has 4 nitrogen and oxygen atoms in total. The third-order valence-corrected chi connectivity index (χ3v) is 1.95. The van der Waals surface area contributed by atoms with Crippen LogP contribution in [0.5, 0.6) is 5.75 Å². The first-order chi connectivity index (χ1) is 7.29. The molecule has 1 aromatic rings. The smallest absolute Gasteiger partial charge is 0.198 e. The summed E-state index contributed by atoms with van der Waals surface area (Å²) in [5.41, 5.74) is 0. The molecule has 15 heavy (non-hydrogen) atoms. The van der Waals surface area contributed by atoms with Gasteiger partial charge in [-0.3, -0.25) is 0 Å². The first-order valence-electron chi connectivity index (χ1n) is 4.47. The summed E-state index contributed by atoms with van der Waals surface area (Å²) < 4.78 is 5.08. The highest BCUT2D eigenvalue weighted by Crippen LogP contribution is 2.27. The third-order valence-electron chi connectivity index (χ3n) is 1.68. The second-order valence-corrected chi connectivity index (χ2v) is 3.01. The van der Waals surface area contributed by atoms with Crippen molar-refractivity contribution in [2.24, 2.45) is 0 Å². The third kappa shape index (κ3) is 3.30. The summed E-state index contributed by atoms with van der Waals surface area (Å²) in [6, 6.07) is 0. The minimum absolute atomic E-state index is 0.302. The number of ether oxygens (including phenoxy) is 1. The highest BCUT2D eigenvalue weighted by atomic mass is 35.5. The Bertz CT molecular complexity index is 384. The summed E-state index contributed by atoms with van der Waals surface area (Å²) in [7, 11) is 1.53. The van der Waals surface area contributed by atoms with E-state index in [9.17, 15) is 0 Å². The molecule has 0 bridgehead atoms. The van der Waals surface area contributed by atoms with Gasteiger partial charge in [0.2, 0.25) is 0 Å². The molecule has 80 valence electrons. The highest BCUT2D eigenvalue weighted by molar-refractivity contribution is 6.31. The molecule has 0 aliphatic heterocycles. The van der Waals surface area contributed by atoms with Crippen molar-refractivity contribution in [1.82, 2.24) is 9.97 Å². The van der Waals surface area contributed by atoms with Crippen LogP contribution in [0.1, 0.15) is 13.3 Å². The predicted octanol–water partition coefficient (Wildman–Crippen LogP) is 1.96. The van der Waals surface area contributed by atoms with E-state index in [2.05, 4.69) is 27.1 Å². The van der Waals surface area contributed by atoms with Crippen molar-refractivity contribution in [2.45, 2.75) is 13.3 Å². The van der Waals surface area contributed by atoms with Gasteiger partial charge in [-0.15, -0.1) is 11.8 Å². The summed E-state index contributed by atoms with van der Waals surface area (Å²) in [5, 5.41) is 3.38. The molecular formula is C10H12ClN3O. The Kier molecular flexibility index (Phi) is 4.72. The van der Waals surface area contributed by atoms with Gasteiger partial charge in [-0.05, 0) is 6.92 Å². The lowest BCUT2D eigenvalue weighted by Gasteiger charge is -2.08. The highest BCUT2D eigenvalue weighted by Gasteiger charge is 2.08. The molecule has 5 heteroatoms. The lowest BCUT2D eigenvalue weighted by Crippen LogP contribution is -2.05. The Morgan fingerprint density at radius 1 is 1.53 bits per heavy atom. The van der Waals surface area contributed by atoms with E-state index in [0.717, 1.165) is 6.42 Å². The average molecular weight is 226 g/mol. The van der Waals surface area contributed by atoms with E-state index in [-0.39, 0.29) is 0 Å². The largest absolute Gasteiger partial charge is 0.490 e. The molecule has 0 aromatic carbocycles. The van der Waals surface area contributed by atoms with Crippen LogP contribution in [0.3, 0.4) is 0 Å². The summed E-state index contributed by atoms with van der Waals surface area (Å²) in [4.78, 5) is 7.84. The number of methoxy groups -OCH3 is 1. The van der Waals surface area contributed by atoms with Crippen LogP contribution in [0, 0.1) is 11.8 Å². The van der Waals surface area contributed by atoms with Gasteiger partial charge < -0.3 is 10.1 Å². The SMILES string of the molecule is CC#CCCNc1ncnc(Cl)c1OC. The number of rotatable bonds is 4. The minimum Gasteiger partial charge on any atom is -0.490 e. The van der Waals surface area contributed by atoms with Crippen molar-refractivity contribution >= 4 is 17.4 Å². The monoisotopic (exact) mass is 225 g/mol. The second-order valence-electron chi connectivity index (χ2n) is 2.65. The van der Waals surface area contributed by atoms with Crippen LogP contribution in [-0.4, -0.2) is 23.6 Å². The van der Waals surface area contributed by atoms with Crippen molar-refractivity contribution < 1.29 is 4.74 Å². The number of halogens is 1. The second kappa shape index (κ2) is 6.10. The lowest BCUT2D eigenvalue weighted by atomic mass is 10.4. The maximum absolute atomic E-state index is 5.83. The van der Waals surface area contributed by atoms with Crippen LogP contribution in [0.4, 0.5) is 5.82 Å². The van der Waals surface area contributed by atoms with Gasteiger partial charge in [0.15, 0.2) is 16.7 Å². The van der Waals surface area contributed by atoms with Crippen molar-refractivity contribution in [3.8, 4) is 17.6 Å². The Hall–Kier alpha value is -1.47. The van der Waals surface area contributed by atoms with Crippen LogP contribution in [-0.2, 0) is 0 Å². The quantitative estimate of drug-likeness (QED) is 0.484. The zero-order chi connectivity index (χ0) is 11.1. The molecule has 0 aliphatic carbocycles. The van der Waals surface area contributed by atoms with Gasteiger partial charge in [-0.25, -0.2) is 9.97 Å². The topological polar surface area (TPSA) is 47.0 Å². The molecule has 0 radical (unpaired) electrons. The summed E-state index contributed by atoms with van der Waals surface area (Å²) in [6.45, 7) is 2.51. The maximum atomic E-state index is 5.83. The lowest BCUT2D eigenvalue weighted by molar-refractivity contribution is 0.413. The van der Waals surface area contributed by atoms with Crippen LogP contribution in [0.25, 0.3) is 0 Å². The van der Waals surface area contributed by atoms with Gasteiger partial charge >= 0.3 is 0 Å². The molecule has 1 N–H and O–H groups in total. The van der Waals surface area contributed by atoms with Crippen molar-refractivity contribution in [2.75, 3.05) is 19.0 Å². The average Bonchev–Trinajstić information content (AvgIpc) is 2.24. The van der Waals surface area contributed by atoms with E-state index in [4.69, 9.17) is 16.3 Å². The molecule has 1 rings (SSSR count). The van der Waals surface area contributed by atoms with E-state index in [0.29, 0.717) is 23.3 Å². The maximum Gasteiger partial charge on any atom is 0.198 e. The molecular weight excluding hydrogens is 214 g/mol. The number of nitrogens with zero attached hydrogens (tertiary/aromatic N) is 2. The molecule has 0 spiro atoms. The van der Waals surface area contributed by atoms with Gasteiger partial charge in [0.25, 0.3) is 0 Å². The first-order valence-corrected chi connectivity index (χ1v) is 4.85. The Morgan fingerprint density at radius 2 is 2.33 bits per heavy atom. The van der Waals surface area contributed by atoms with E-state index >= 15 is 0 Å². The Balaban J connectivity index is 2.66. The zero-order valence-electron chi connectivity index (χ0n) is 8.67. The molecule has 0 saturated carbocycles. The van der Waals surface area contributed by atoms with Crippen LogP contribution >= 0.6 is 11.6 Å². The van der Waals surface area contributed by atoms with E-state index in [1.54, 1.807) is 0 Å².